The number of β-amino-alcohol motifs (C(OH)–C–C–N with tert-alkyl or cyclic N) is 1. The smallest absolute Gasteiger partial charge is 0.0746 e. The zero-order valence-corrected chi connectivity index (χ0v) is 11.8. The number of nitrogens with zero attached hydrogens (tertiary/aromatic N) is 1. The van der Waals surface area contributed by atoms with Crippen LogP contribution in [0.2, 0.25) is 0 Å². The molecule has 100 valence electrons. The highest BCUT2D eigenvalue weighted by Gasteiger charge is 2.27. The van der Waals surface area contributed by atoms with Gasteiger partial charge in [-0.3, -0.25) is 4.90 Å². The summed E-state index contributed by atoms with van der Waals surface area (Å²) in [5.41, 5.74) is 2.23. The van der Waals surface area contributed by atoms with Crippen LogP contribution in [0.3, 0.4) is 0 Å². The Kier molecular flexibility index (Phi) is 4.08. The van der Waals surface area contributed by atoms with E-state index in [1.165, 1.54) is 11.1 Å². The van der Waals surface area contributed by atoms with Crippen molar-refractivity contribution in [3.8, 4) is 0 Å². The largest absolute Gasteiger partial charge is 0.389 e. The van der Waals surface area contributed by atoms with E-state index in [4.69, 9.17) is 0 Å². The van der Waals surface area contributed by atoms with Gasteiger partial charge in [0.05, 0.1) is 5.60 Å². The average Bonchev–Trinajstić information content (AvgIpc) is 2.28. The van der Waals surface area contributed by atoms with Crippen LogP contribution in [0, 0.1) is 0 Å². The van der Waals surface area contributed by atoms with Crippen LogP contribution in [-0.4, -0.2) is 28.7 Å². The Balaban J connectivity index is 1.97. The van der Waals surface area contributed by atoms with Crippen LogP contribution in [0.4, 0.5) is 0 Å². The van der Waals surface area contributed by atoms with Crippen LogP contribution in [0.15, 0.2) is 24.3 Å². The van der Waals surface area contributed by atoms with Gasteiger partial charge in [0.2, 0.25) is 0 Å². The second-order valence-electron chi connectivity index (χ2n) is 6.21. The molecule has 1 atom stereocenters. The lowest BCUT2D eigenvalue weighted by atomic mass is 9.94. The minimum absolute atomic E-state index is 0.504. The van der Waals surface area contributed by atoms with Gasteiger partial charge in [0.1, 0.15) is 0 Å². The van der Waals surface area contributed by atoms with Gasteiger partial charge in [-0.15, -0.1) is 0 Å². The molecule has 1 aromatic rings. The fraction of sp³-hybridized carbons (Fsp3) is 0.625. The van der Waals surface area contributed by atoms with E-state index < -0.39 is 5.60 Å². The van der Waals surface area contributed by atoms with Gasteiger partial charge >= 0.3 is 0 Å². The van der Waals surface area contributed by atoms with E-state index in [-0.39, 0.29) is 0 Å². The van der Waals surface area contributed by atoms with Crippen LogP contribution >= 0.6 is 0 Å². The van der Waals surface area contributed by atoms with E-state index in [9.17, 15) is 5.11 Å². The van der Waals surface area contributed by atoms with E-state index >= 15 is 0 Å². The van der Waals surface area contributed by atoms with Crippen LogP contribution in [0.1, 0.15) is 50.7 Å². The number of hydrogen-bond donors (Lipinski definition) is 1. The maximum absolute atomic E-state index is 10.1. The van der Waals surface area contributed by atoms with Gasteiger partial charge in [0, 0.05) is 13.1 Å². The SMILES string of the molecule is CC(C)c1ccc(CN2CCCC(C)(O)C2)cc1. The van der Waals surface area contributed by atoms with Crippen LogP contribution in [-0.2, 0) is 6.54 Å². The lowest BCUT2D eigenvalue weighted by molar-refractivity contribution is -0.0181. The zero-order valence-electron chi connectivity index (χ0n) is 11.8. The molecule has 1 unspecified atom stereocenters. The molecule has 0 aliphatic carbocycles. The molecule has 2 nitrogen and oxygen atoms in total. The molecule has 1 heterocycles. The quantitative estimate of drug-likeness (QED) is 0.887. The maximum atomic E-state index is 10.1. The normalized spacial score (nSPS) is 25.6. The summed E-state index contributed by atoms with van der Waals surface area (Å²) in [7, 11) is 0. The van der Waals surface area contributed by atoms with Crippen molar-refractivity contribution in [1.29, 1.82) is 0 Å². The van der Waals surface area contributed by atoms with Gasteiger partial charge < -0.3 is 5.11 Å². The molecule has 0 saturated carbocycles. The molecular weight excluding hydrogens is 222 g/mol. The zero-order chi connectivity index (χ0) is 13.2. The summed E-state index contributed by atoms with van der Waals surface area (Å²) in [6, 6.07) is 8.89. The third kappa shape index (κ3) is 3.56. The van der Waals surface area contributed by atoms with Gasteiger partial charge in [-0.2, -0.15) is 0 Å². The van der Waals surface area contributed by atoms with E-state index in [1.54, 1.807) is 0 Å². The molecule has 18 heavy (non-hydrogen) atoms. The Hall–Kier alpha value is -0.860. The van der Waals surface area contributed by atoms with Gasteiger partial charge in [0.25, 0.3) is 0 Å². The first-order valence-corrected chi connectivity index (χ1v) is 7.00. The summed E-state index contributed by atoms with van der Waals surface area (Å²) in [6.45, 7) is 9.23. The Labute approximate surface area is 111 Å². The Morgan fingerprint density at radius 2 is 1.94 bits per heavy atom. The van der Waals surface area contributed by atoms with Crippen LogP contribution in [0.5, 0.6) is 0 Å². The van der Waals surface area contributed by atoms with Gasteiger partial charge in [0.15, 0.2) is 0 Å². The molecule has 0 radical (unpaired) electrons. The molecule has 0 spiro atoms. The van der Waals surface area contributed by atoms with Crippen molar-refractivity contribution < 1.29 is 5.11 Å². The molecule has 0 bridgehead atoms. The number of likely N-dealkylation sites (tertiary alicyclic amines) is 1. The van der Waals surface area contributed by atoms with E-state index in [2.05, 4.69) is 43.0 Å². The first-order valence-electron chi connectivity index (χ1n) is 7.00. The number of benzene rings is 1. The predicted molar refractivity (Wildman–Crippen MR) is 75.7 cm³/mol. The minimum atomic E-state index is -0.504. The second-order valence-corrected chi connectivity index (χ2v) is 6.21. The summed E-state index contributed by atoms with van der Waals surface area (Å²) in [5, 5.41) is 10.1. The van der Waals surface area contributed by atoms with Gasteiger partial charge in [-0.25, -0.2) is 0 Å². The summed E-state index contributed by atoms with van der Waals surface area (Å²) < 4.78 is 0. The maximum Gasteiger partial charge on any atom is 0.0746 e. The van der Waals surface area contributed by atoms with Crippen molar-refractivity contribution in [2.24, 2.45) is 0 Å². The highest BCUT2D eigenvalue weighted by molar-refractivity contribution is 5.24. The molecule has 1 saturated heterocycles. The topological polar surface area (TPSA) is 23.5 Å². The Morgan fingerprint density at radius 1 is 1.28 bits per heavy atom. The fourth-order valence-corrected chi connectivity index (χ4v) is 2.72. The summed E-state index contributed by atoms with van der Waals surface area (Å²) in [5.74, 6) is 0.592. The van der Waals surface area contributed by atoms with E-state index in [1.807, 2.05) is 6.92 Å². The Morgan fingerprint density at radius 3 is 2.50 bits per heavy atom. The van der Waals surface area contributed by atoms with Crippen molar-refractivity contribution in [2.45, 2.75) is 51.7 Å². The predicted octanol–water partition coefficient (Wildman–Crippen LogP) is 3.16. The molecule has 0 aromatic heterocycles. The highest BCUT2D eigenvalue weighted by Crippen LogP contribution is 2.22. The standard InChI is InChI=1S/C16H25NO/c1-13(2)15-7-5-14(6-8-15)11-17-10-4-9-16(3,18)12-17/h5-8,13,18H,4,9-12H2,1-3H3. The average molecular weight is 247 g/mol. The monoisotopic (exact) mass is 247 g/mol. The summed E-state index contributed by atoms with van der Waals surface area (Å²) >= 11 is 0. The van der Waals surface area contributed by atoms with Crippen LogP contribution in [0.25, 0.3) is 0 Å². The molecule has 1 aliphatic rings. The van der Waals surface area contributed by atoms with Crippen molar-refractivity contribution in [3.05, 3.63) is 35.4 Å². The first-order chi connectivity index (χ1) is 8.46. The molecular formula is C16H25NO. The molecule has 1 N–H and O–H groups in total. The molecule has 2 rings (SSSR count). The number of aliphatic hydroxyl groups is 1. The van der Waals surface area contributed by atoms with Crippen molar-refractivity contribution >= 4 is 0 Å². The lowest BCUT2D eigenvalue weighted by Crippen LogP contribution is -2.45. The van der Waals surface area contributed by atoms with Gasteiger partial charge in [-0.05, 0) is 43.4 Å². The molecule has 2 heteroatoms. The third-order valence-corrected chi connectivity index (χ3v) is 3.81. The van der Waals surface area contributed by atoms with Crippen molar-refractivity contribution in [2.75, 3.05) is 13.1 Å². The molecule has 1 aromatic carbocycles. The number of rotatable bonds is 3. The Bertz CT molecular complexity index is 381. The second kappa shape index (κ2) is 5.41. The van der Waals surface area contributed by atoms with E-state index in [0.29, 0.717) is 5.92 Å². The van der Waals surface area contributed by atoms with Gasteiger partial charge in [-0.1, -0.05) is 38.1 Å². The number of hydrogen-bond acceptors (Lipinski definition) is 2. The van der Waals surface area contributed by atoms with Crippen molar-refractivity contribution in [3.63, 3.8) is 0 Å². The summed E-state index contributed by atoms with van der Waals surface area (Å²) in [6.07, 6.45) is 2.02. The molecule has 0 amide bonds. The van der Waals surface area contributed by atoms with Crippen LogP contribution < -0.4 is 0 Å². The van der Waals surface area contributed by atoms with E-state index in [0.717, 1.165) is 32.5 Å². The highest BCUT2D eigenvalue weighted by atomic mass is 16.3. The fourth-order valence-electron chi connectivity index (χ4n) is 2.72. The first kappa shape index (κ1) is 13.6. The minimum Gasteiger partial charge on any atom is -0.389 e. The van der Waals surface area contributed by atoms with Crippen molar-refractivity contribution in [1.82, 2.24) is 4.90 Å². The summed E-state index contributed by atoms with van der Waals surface area (Å²) in [4.78, 5) is 2.36. The molecule has 1 fully saturated rings. The molecule has 1 aliphatic heterocycles. The number of piperidine rings is 1. The lowest BCUT2D eigenvalue weighted by Gasteiger charge is -2.36. The third-order valence-electron chi connectivity index (χ3n) is 3.81.